The minimum atomic E-state index is -0.393. The molecule has 6 heteroatoms. The molecule has 1 aromatic heterocycles. The van der Waals surface area contributed by atoms with Crippen molar-refractivity contribution in [1.29, 1.82) is 0 Å². The van der Waals surface area contributed by atoms with Gasteiger partial charge in [-0.15, -0.1) is 0 Å². The van der Waals surface area contributed by atoms with Crippen LogP contribution in [0.5, 0.6) is 0 Å². The summed E-state index contributed by atoms with van der Waals surface area (Å²) in [5.41, 5.74) is -0.193. The summed E-state index contributed by atoms with van der Waals surface area (Å²) in [5, 5.41) is 0. The van der Waals surface area contributed by atoms with Crippen LogP contribution in [0.3, 0.4) is 0 Å². The third-order valence-electron chi connectivity index (χ3n) is 2.89. The van der Waals surface area contributed by atoms with Gasteiger partial charge in [0.05, 0.1) is 6.10 Å². The monoisotopic (exact) mass is 256 g/mol. The lowest BCUT2D eigenvalue weighted by molar-refractivity contribution is 0.00994. The van der Waals surface area contributed by atoms with E-state index in [-0.39, 0.29) is 17.9 Å². The van der Waals surface area contributed by atoms with Crippen molar-refractivity contribution in [1.82, 2.24) is 9.55 Å². The number of ether oxygens (including phenoxy) is 1. The van der Waals surface area contributed by atoms with Crippen LogP contribution in [0.2, 0.25) is 0 Å². The summed E-state index contributed by atoms with van der Waals surface area (Å²) in [7, 11) is 0. The lowest BCUT2D eigenvalue weighted by atomic mass is 10.2. The second-order valence-corrected chi connectivity index (χ2v) is 5.13. The predicted octanol–water partition coefficient (Wildman–Crippen LogP) is 0.886. The molecule has 1 aliphatic heterocycles. The summed E-state index contributed by atoms with van der Waals surface area (Å²) in [6.45, 7) is 1.68. The van der Waals surface area contributed by atoms with E-state index in [2.05, 4.69) is 4.98 Å². The second kappa shape index (κ2) is 5.10. The van der Waals surface area contributed by atoms with Crippen LogP contribution in [-0.2, 0) is 4.74 Å². The van der Waals surface area contributed by atoms with Gasteiger partial charge in [0.15, 0.2) is 0 Å². The van der Waals surface area contributed by atoms with Gasteiger partial charge in [0, 0.05) is 17.5 Å². The number of H-pyrrole nitrogens is 1. The first-order valence-corrected chi connectivity index (χ1v) is 6.97. The average Bonchev–Trinajstić information content (AvgIpc) is 2.72. The van der Waals surface area contributed by atoms with Gasteiger partial charge in [0.1, 0.15) is 6.23 Å². The van der Waals surface area contributed by atoms with Crippen LogP contribution in [-0.4, -0.2) is 27.7 Å². The molecule has 5 nitrogen and oxygen atoms in total. The molecule has 1 aromatic rings. The number of thioether (sulfide) groups is 1. The number of hydrogen-bond acceptors (Lipinski definition) is 4. The molecule has 2 atom stereocenters. The topological polar surface area (TPSA) is 64.1 Å². The Labute approximate surface area is 103 Å². The van der Waals surface area contributed by atoms with Crippen LogP contribution in [0.25, 0.3) is 0 Å². The summed E-state index contributed by atoms with van der Waals surface area (Å²) in [6, 6.07) is 0. The summed E-state index contributed by atoms with van der Waals surface area (Å²) in [6.07, 6.45) is 5.34. The Bertz CT molecular complexity index is 508. The molecule has 0 aromatic carbocycles. The summed E-state index contributed by atoms with van der Waals surface area (Å²) in [4.78, 5) is 25.2. The van der Waals surface area contributed by atoms with Gasteiger partial charge in [-0.2, -0.15) is 11.8 Å². The molecule has 0 amide bonds. The molecule has 0 bridgehead atoms. The fourth-order valence-corrected chi connectivity index (χ4v) is 2.62. The van der Waals surface area contributed by atoms with Gasteiger partial charge >= 0.3 is 5.69 Å². The average molecular weight is 256 g/mol. The highest BCUT2D eigenvalue weighted by atomic mass is 32.2. The van der Waals surface area contributed by atoms with E-state index in [1.54, 1.807) is 24.9 Å². The smallest absolute Gasteiger partial charge is 0.330 e. The van der Waals surface area contributed by atoms with Gasteiger partial charge in [0.25, 0.3) is 5.56 Å². The lowest BCUT2D eigenvalue weighted by Crippen LogP contribution is -2.33. The van der Waals surface area contributed by atoms with Crippen molar-refractivity contribution >= 4 is 11.8 Å². The summed E-state index contributed by atoms with van der Waals surface area (Å²) >= 11 is 1.74. The van der Waals surface area contributed by atoms with Crippen LogP contribution in [0.15, 0.2) is 15.8 Å². The Morgan fingerprint density at radius 3 is 3.00 bits per heavy atom. The Morgan fingerprint density at radius 1 is 1.53 bits per heavy atom. The fourth-order valence-electron chi connectivity index (χ4n) is 2.00. The Kier molecular flexibility index (Phi) is 3.73. The van der Waals surface area contributed by atoms with Crippen molar-refractivity contribution < 1.29 is 4.74 Å². The zero-order valence-corrected chi connectivity index (χ0v) is 10.8. The number of nitrogens with one attached hydrogen (secondary N) is 1. The lowest BCUT2D eigenvalue weighted by Gasteiger charge is -2.15. The predicted molar refractivity (Wildman–Crippen MR) is 67.6 cm³/mol. The first-order valence-electron chi connectivity index (χ1n) is 5.58. The highest BCUT2D eigenvalue weighted by Crippen LogP contribution is 2.28. The second-order valence-electron chi connectivity index (χ2n) is 4.22. The van der Waals surface area contributed by atoms with Gasteiger partial charge < -0.3 is 4.74 Å². The summed E-state index contributed by atoms with van der Waals surface area (Å²) < 4.78 is 7.27. The molecule has 1 aliphatic rings. The van der Waals surface area contributed by atoms with E-state index in [1.807, 2.05) is 6.26 Å². The molecule has 1 N–H and O–H groups in total. The number of nitrogens with zero attached hydrogens (tertiary/aromatic N) is 1. The van der Waals surface area contributed by atoms with E-state index in [0.29, 0.717) is 5.56 Å². The van der Waals surface area contributed by atoms with E-state index >= 15 is 0 Å². The molecule has 0 spiro atoms. The maximum atomic E-state index is 11.7. The van der Waals surface area contributed by atoms with E-state index in [4.69, 9.17) is 4.74 Å². The van der Waals surface area contributed by atoms with E-state index in [0.717, 1.165) is 18.6 Å². The van der Waals surface area contributed by atoms with Crippen molar-refractivity contribution in [2.24, 2.45) is 0 Å². The van der Waals surface area contributed by atoms with Crippen LogP contribution in [0.4, 0.5) is 0 Å². The largest absolute Gasteiger partial charge is 0.354 e. The standard InChI is InChI=1S/C11H16N2O3S/c1-7-5-13(11(15)12-10(7)14)9-4-3-8(16-9)6-17-2/h5,8-9H,3-4,6H2,1-2H3,(H,12,14,15)/t8-,9+/m0/s1. The molecule has 0 radical (unpaired) electrons. The molecule has 0 saturated carbocycles. The zero-order chi connectivity index (χ0) is 12.4. The number of rotatable bonds is 3. The molecular weight excluding hydrogens is 240 g/mol. The van der Waals surface area contributed by atoms with E-state index in [1.165, 1.54) is 4.57 Å². The molecule has 1 saturated heterocycles. The zero-order valence-electron chi connectivity index (χ0n) is 9.93. The molecule has 2 rings (SSSR count). The van der Waals surface area contributed by atoms with Gasteiger partial charge in [0.2, 0.25) is 0 Å². The van der Waals surface area contributed by atoms with Crippen LogP contribution in [0, 0.1) is 6.92 Å². The molecule has 0 aliphatic carbocycles. The van der Waals surface area contributed by atoms with E-state index < -0.39 is 5.69 Å². The molecule has 17 heavy (non-hydrogen) atoms. The Balaban J connectivity index is 2.22. The van der Waals surface area contributed by atoms with Crippen molar-refractivity contribution in [3.63, 3.8) is 0 Å². The van der Waals surface area contributed by atoms with Crippen LogP contribution >= 0.6 is 11.8 Å². The molecule has 2 heterocycles. The molecule has 0 unspecified atom stereocenters. The SMILES string of the molecule is CSC[C@@H]1CC[C@H](n2cc(C)c(=O)[nH]c2=O)O1. The minimum Gasteiger partial charge on any atom is -0.354 e. The number of hydrogen-bond donors (Lipinski definition) is 1. The van der Waals surface area contributed by atoms with Crippen LogP contribution in [0.1, 0.15) is 24.6 Å². The Morgan fingerprint density at radius 2 is 2.29 bits per heavy atom. The van der Waals surface area contributed by atoms with Gasteiger partial charge in [-0.05, 0) is 26.0 Å². The van der Waals surface area contributed by atoms with E-state index in [9.17, 15) is 9.59 Å². The Hall–Kier alpha value is -1.01. The molecular formula is C11H16N2O3S. The van der Waals surface area contributed by atoms with Crippen molar-refractivity contribution in [2.75, 3.05) is 12.0 Å². The quantitative estimate of drug-likeness (QED) is 0.872. The number of aryl methyl sites for hydroxylation is 1. The normalized spacial score (nSPS) is 24.1. The van der Waals surface area contributed by atoms with Gasteiger partial charge in [-0.3, -0.25) is 14.3 Å². The van der Waals surface area contributed by atoms with Gasteiger partial charge in [-0.1, -0.05) is 0 Å². The van der Waals surface area contributed by atoms with Crippen molar-refractivity contribution in [3.8, 4) is 0 Å². The maximum Gasteiger partial charge on any atom is 0.330 e. The molecule has 1 fully saturated rings. The third kappa shape index (κ3) is 2.63. The van der Waals surface area contributed by atoms with Crippen molar-refractivity contribution in [3.05, 3.63) is 32.6 Å². The summed E-state index contributed by atoms with van der Waals surface area (Å²) in [5.74, 6) is 0.938. The highest BCUT2D eigenvalue weighted by Gasteiger charge is 2.26. The minimum absolute atomic E-state index is 0.203. The van der Waals surface area contributed by atoms with Gasteiger partial charge in [-0.25, -0.2) is 4.79 Å². The van der Waals surface area contributed by atoms with Crippen LogP contribution < -0.4 is 11.2 Å². The fraction of sp³-hybridized carbons (Fsp3) is 0.636. The third-order valence-corrected chi connectivity index (χ3v) is 3.60. The van der Waals surface area contributed by atoms with Crippen molar-refractivity contribution in [2.45, 2.75) is 32.1 Å². The molecule has 94 valence electrons. The highest BCUT2D eigenvalue weighted by molar-refractivity contribution is 7.98. The first kappa shape index (κ1) is 12.4. The number of aromatic amines is 1. The first-order chi connectivity index (χ1) is 8.11. The maximum absolute atomic E-state index is 11.7. The number of aromatic nitrogens is 2.